The van der Waals surface area contributed by atoms with Crippen LogP contribution in [0.3, 0.4) is 0 Å². The molecule has 1 aromatic heterocycles. The summed E-state index contributed by atoms with van der Waals surface area (Å²) in [4.78, 5) is 26.5. The Balaban J connectivity index is 1.17. The predicted molar refractivity (Wildman–Crippen MR) is 132 cm³/mol. The van der Waals surface area contributed by atoms with E-state index in [2.05, 4.69) is 22.3 Å². The highest BCUT2D eigenvalue weighted by atomic mass is 32.1. The van der Waals surface area contributed by atoms with Crippen molar-refractivity contribution in [2.45, 2.75) is 57.9 Å². The summed E-state index contributed by atoms with van der Waals surface area (Å²) in [7, 11) is 0. The zero-order chi connectivity index (χ0) is 22.3. The molecule has 5 heteroatoms. The number of rotatable bonds is 7. The number of carbonyl (C=O) groups is 2. The molecule has 0 atom stereocenters. The molecule has 2 heterocycles. The smallest absolute Gasteiger partial charge is 0.244 e. The van der Waals surface area contributed by atoms with E-state index in [0.29, 0.717) is 6.04 Å². The molecule has 2 aromatic rings. The molecule has 1 saturated carbocycles. The van der Waals surface area contributed by atoms with Gasteiger partial charge in [0.25, 0.3) is 0 Å². The minimum Gasteiger partial charge on any atom is -0.350 e. The van der Waals surface area contributed by atoms with Crippen LogP contribution in [0.25, 0.3) is 6.08 Å². The third-order valence-corrected chi connectivity index (χ3v) is 7.73. The Labute approximate surface area is 195 Å². The third-order valence-electron chi connectivity index (χ3n) is 7.02. The zero-order valence-electron chi connectivity index (χ0n) is 19.0. The lowest BCUT2D eigenvalue weighted by Crippen LogP contribution is -2.37. The first-order valence-electron chi connectivity index (χ1n) is 11.9. The summed E-state index contributed by atoms with van der Waals surface area (Å²) < 4.78 is 0. The van der Waals surface area contributed by atoms with E-state index < -0.39 is 0 Å². The van der Waals surface area contributed by atoms with E-state index in [1.54, 1.807) is 24.3 Å². The summed E-state index contributed by atoms with van der Waals surface area (Å²) in [5, 5.41) is 7.25. The molecule has 0 bridgehead atoms. The van der Waals surface area contributed by atoms with Gasteiger partial charge in [0.2, 0.25) is 5.91 Å². The van der Waals surface area contributed by atoms with Crippen LogP contribution in [0.4, 0.5) is 0 Å². The molecular weight excluding hydrogens is 416 g/mol. The number of benzene rings is 1. The second kappa shape index (κ2) is 11.1. The van der Waals surface area contributed by atoms with Gasteiger partial charge in [-0.1, -0.05) is 12.1 Å². The maximum Gasteiger partial charge on any atom is 0.244 e. The van der Waals surface area contributed by atoms with Crippen LogP contribution in [0.1, 0.15) is 66.1 Å². The Kier molecular flexibility index (Phi) is 7.93. The molecule has 0 radical (unpaired) electrons. The van der Waals surface area contributed by atoms with Crippen molar-refractivity contribution in [2.75, 3.05) is 19.6 Å². The lowest BCUT2D eigenvalue weighted by atomic mass is 9.84. The summed E-state index contributed by atoms with van der Waals surface area (Å²) in [6.07, 6.45) is 11.5. The molecule has 4 rings (SSSR count). The van der Waals surface area contributed by atoms with Crippen molar-refractivity contribution < 1.29 is 9.59 Å². The van der Waals surface area contributed by atoms with Crippen LogP contribution in [-0.4, -0.2) is 42.3 Å². The van der Waals surface area contributed by atoms with Crippen molar-refractivity contribution in [1.29, 1.82) is 0 Å². The van der Waals surface area contributed by atoms with Gasteiger partial charge in [0.1, 0.15) is 0 Å². The van der Waals surface area contributed by atoms with E-state index in [1.807, 2.05) is 29.0 Å². The Morgan fingerprint density at radius 3 is 2.59 bits per heavy atom. The highest BCUT2D eigenvalue weighted by Crippen LogP contribution is 2.28. The van der Waals surface area contributed by atoms with Crippen molar-refractivity contribution in [3.05, 3.63) is 63.4 Å². The van der Waals surface area contributed by atoms with E-state index in [4.69, 9.17) is 0 Å². The molecule has 2 aliphatic rings. The lowest BCUT2D eigenvalue weighted by Gasteiger charge is -2.30. The van der Waals surface area contributed by atoms with Gasteiger partial charge in [-0.05, 0) is 110 Å². The van der Waals surface area contributed by atoms with E-state index >= 15 is 0 Å². The molecule has 1 fully saturated rings. The lowest BCUT2D eigenvalue weighted by molar-refractivity contribution is -0.117. The number of fused-ring (bicyclic) bond motifs is 1. The van der Waals surface area contributed by atoms with Crippen molar-refractivity contribution in [1.82, 2.24) is 10.2 Å². The number of amides is 1. The molecule has 0 spiro atoms. The Morgan fingerprint density at radius 1 is 1.09 bits per heavy atom. The third kappa shape index (κ3) is 6.39. The summed E-state index contributed by atoms with van der Waals surface area (Å²) in [5.41, 5.74) is 4.68. The van der Waals surface area contributed by atoms with Crippen molar-refractivity contribution in [2.24, 2.45) is 5.92 Å². The summed E-state index contributed by atoms with van der Waals surface area (Å²) in [5.74, 6) is 0.940. The molecule has 4 nitrogen and oxygen atoms in total. The SMILES string of the molecule is CC(=O)c1ccc2c(c1)CCN(CCC1CCC(NC(=O)/C=C/c3ccsc3)CC1)CC2. The number of ketones is 1. The van der Waals surface area contributed by atoms with Gasteiger partial charge in [-0.3, -0.25) is 9.59 Å². The second-order valence-electron chi connectivity index (χ2n) is 9.29. The molecule has 170 valence electrons. The van der Waals surface area contributed by atoms with Crippen molar-refractivity contribution >= 4 is 29.1 Å². The fourth-order valence-corrected chi connectivity index (χ4v) is 5.59. The number of nitrogens with zero attached hydrogens (tertiary/aromatic N) is 1. The molecular formula is C27H34N2O2S. The van der Waals surface area contributed by atoms with Gasteiger partial charge in [0.05, 0.1) is 0 Å². The molecule has 0 unspecified atom stereocenters. The van der Waals surface area contributed by atoms with Crippen molar-refractivity contribution in [3.63, 3.8) is 0 Å². The topological polar surface area (TPSA) is 49.4 Å². The molecule has 1 aliphatic heterocycles. The Bertz CT molecular complexity index is 943. The summed E-state index contributed by atoms with van der Waals surface area (Å²) in [6, 6.07) is 8.57. The quantitative estimate of drug-likeness (QED) is 0.470. The van der Waals surface area contributed by atoms with Gasteiger partial charge in [0.15, 0.2) is 5.78 Å². The zero-order valence-corrected chi connectivity index (χ0v) is 19.8. The molecule has 1 aromatic carbocycles. The predicted octanol–water partition coefficient (Wildman–Crippen LogP) is 5.13. The standard InChI is InChI=1S/C27H34N2O2S/c1-20(30)24-6-5-23-11-15-29(16-12-25(23)18-24)14-10-21-2-7-26(8-3-21)28-27(31)9-4-22-13-17-32-19-22/h4-6,9,13,17-19,21,26H,2-3,7-8,10-12,14-16H2,1H3,(H,28,31)/b9-4+. The van der Waals surface area contributed by atoms with E-state index in [-0.39, 0.29) is 11.7 Å². The maximum absolute atomic E-state index is 12.2. The molecule has 1 N–H and O–H groups in total. The summed E-state index contributed by atoms with van der Waals surface area (Å²) >= 11 is 1.64. The first kappa shape index (κ1) is 22.9. The minimum atomic E-state index is 0.0247. The van der Waals surface area contributed by atoms with E-state index in [0.717, 1.165) is 62.4 Å². The highest BCUT2D eigenvalue weighted by Gasteiger charge is 2.23. The molecule has 1 amide bonds. The van der Waals surface area contributed by atoms with E-state index in [9.17, 15) is 9.59 Å². The number of Topliss-reactive ketones (excluding diaryl/α,β-unsaturated/α-hetero) is 1. The fourth-order valence-electron chi connectivity index (χ4n) is 4.97. The van der Waals surface area contributed by atoms with Gasteiger partial charge in [-0.15, -0.1) is 0 Å². The number of carbonyl (C=O) groups excluding carboxylic acids is 2. The van der Waals surface area contributed by atoms with Gasteiger partial charge in [-0.2, -0.15) is 11.3 Å². The summed E-state index contributed by atoms with van der Waals surface area (Å²) in [6.45, 7) is 4.98. The van der Waals surface area contributed by atoms with Gasteiger partial charge in [0, 0.05) is 30.8 Å². The first-order chi connectivity index (χ1) is 15.6. The van der Waals surface area contributed by atoms with Crippen LogP contribution in [0, 0.1) is 5.92 Å². The van der Waals surface area contributed by atoms with Crippen LogP contribution in [0.5, 0.6) is 0 Å². The van der Waals surface area contributed by atoms with Crippen LogP contribution in [0.15, 0.2) is 41.1 Å². The highest BCUT2D eigenvalue weighted by molar-refractivity contribution is 7.08. The molecule has 32 heavy (non-hydrogen) atoms. The molecule has 1 aliphatic carbocycles. The van der Waals surface area contributed by atoms with Crippen LogP contribution in [-0.2, 0) is 17.6 Å². The maximum atomic E-state index is 12.2. The number of hydrogen-bond acceptors (Lipinski definition) is 4. The average molecular weight is 451 g/mol. The van der Waals surface area contributed by atoms with Crippen LogP contribution < -0.4 is 5.32 Å². The number of hydrogen-bond donors (Lipinski definition) is 1. The fraction of sp³-hybridized carbons (Fsp3) is 0.481. The molecule has 0 saturated heterocycles. The van der Waals surface area contributed by atoms with Crippen LogP contribution in [0.2, 0.25) is 0 Å². The second-order valence-corrected chi connectivity index (χ2v) is 10.1. The Hall–Kier alpha value is -2.24. The van der Waals surface area contributed by atoms with Crippen LogP contribution >= 0.6 is 11.3 Å². The van der Waals surface area contributed by atoms with Gasteiger partial charge in [-0.25, -0.2) is 0 Å². The number of nitrogens with one attached hydrogen (secondary N) is 1. The average Bonchev–Trinajstić information content (AvgIpc) is 3.24. The monoisotopic (exact) mass is 450 g/mol. The van der Waals surface area contributed by atoms with Crippen molar-refractivity contribution in [3.8, 4) is 0 Å². The van der Waals surface area contributed by atoms with Gasteiger partial charge >= 0.3 is 0 Å². The minimum absolute atomic E-state index is 0.0247. The van der Waals surface area contributed by atoms with E-state index in [1.165, 1.54) is 30.4 Å². The largest absolute Gasteiger partial charge is 0.350 e. The first-order valence-corrected chi connectivity index (χ1v) is 12.9. The Morgan fingerprint density at radius 2 is 1.88 bits per heavy atom. The number of thiophene rings is 1. The van der Waals surface area contributed by atoms with Gasteiger partial charge < -0.3 is 10.2 Å². The normalized spacial score (nSPS) is 21.8.